The fourth-order valence-electron chi connectivity index (χ4n) is 5.86. The standard InChI is InChI=1S/C43H33NO/c1-2-3-16-41-40-17-10-11-18-42(40)45-43(41)31-32-19-25-37(26-20-32)44(38-27-21-35(22-28-38)33-12-6-4-7-13-33)39-29-23-36(24-30-39)34-14-8-5-9-15-34/h2-30H,1,31H2/b16-3-. The molecule has 7 rings (SSSR count). The molecule has 0 saturated carbocycles. The van der Waals surface area contributed by atoms with E-state index in [0.29, 0.717) is 6.42 Å². The van der Waals surface area contributed by atoms with Crippen LogP contribution in [0.5, 0.6) is 0 Å². The van der Waals surface area contributed by atoms with E-state index in [9.17, 15) is 0 Å². The summed E-state index contributed by atoms with van der Waals surface area (Å²) >= 11 is 0. The molecule has 0 saturated heterocycles. The Morgan fingerprint density at radius 1 is 0.511 bits per heavy atom. The Hall–Kier alpha value is -5.86. The summed E-state index contributed by atoms with van der Waals surface area (Å²) in [6.07, 6.45) is 6.55. The lowest BCUT2D eigenvalue weighted by molar-refractivity contribution is 0.561. The summed E-state index contributed by atoms with van der Waals surface area (Å²) in [6.45, 7) is 3.85. The van der Waals surface area contributed by atoms with E-state index in [0.717, 1.165) is 39.4 Å². The van der Waals surface area contributed by atoms with Crippen LogP contribution in [-0.4, -0.2) is 0 Å². The second kappa shape index (κ2) is 12.8. The quantitative estimate of drug-likeness (QED) is 0.158. The number of fused-ring (bicyclic) bond motifs is 1. The molecule has 1 aromatic heterocycles. The third kappa shape index (κ3) is 6.00. The van der Waals surface area contributed by atoms with Gasteiger partial charge in [-0.25, -0.2) is 0 Å². The maximum atomic E-state index is 6.32. The number of hydrogen-bond acceptors (Lipinski definition) is 2. The topological polar surface area (TPSA) is 16.4 Å². The van der Waals surface area contributed by atoms with Crippen LogP contribution in [0.1, 0.15) is 16.9 Å². The van der Waals surface area contributed by atoms with Gasteiger partial charge in [0.15, 0.2) is 0 Å². The second-order valence-electron chi connectivity index (χ2n) is 11.0. The molecule has 0 amide bonds. The van der Waals surface area contributed by atoms with Gasteiger partial charge in [-0.05, 0) is 70.3 Å². The molecule has 0 aliphatic carbocycles. The number of rotatable bonds is 9. The second-order valence-corrected chi connectivity index (χ2v) is 11.0. The molecule has 1 heterocycles. The Labute approximate surface area is 264 Å². The molecule has 6 aromatic carbocycles. The van der Waals surface area contributed by atoms with Gasteiger partial charge in [-0.3, -0.25) is 0 Å². The van der Waals surface area contributed by atoms with Gasteiger partial charge < -0.3 is 9.32 Å². The number of anilines is 3. The Balaban J connectivity index is 1.23. The summed E-state index contributed by atoms with van der Waals surface area (Å²) in [4.78, 5) is 2.31. The van der Waals surface area contributed by atoms with Gasteiger partial charge in [0.1, 0.15) is 11.3 Å². The predicted octanol–water partition coefficient (Wildman–Crippen LogP) is 12.0. The lowest BCUT2D eigenvalue weighted by atomic mass is 10.0. The van der Waals surface area contributed by atoms with Crippen LogP contribution in [0.3, 0.4) is 0 Å². The molecule has 0 spiro atoms. The molecular weight excluding hydrogens is 546 g/mol. The minimum Gasteiger partial charge on any atom is -0.460 e. The highest BCUT2D eigenvalue weighted by atomic mass is 16.3. The van der Waals surface area contributed by atoms with Crippen LogP contribution in [0.4, 0.5) is 17.1 Å². The van der Waals surface area contributed by atoms with Crippen molar-refractivity contribution in [2.75, 3.05) is 4.90 Å². The van der Waals surface area contributed by atoms with Gasteiger partial charge in [0.05, 0.1) is 0 Å². The molecular formula is C43H33NO. The van der Waals surface area contributed by atoms with Crippen LogP contribution in [0.2, 0.25) is 0 Å². The summed E-state index contributed by atoms with van der Waals surface area (Å²) in [7, 11) is 0. The maximum Gasteiger partial charge on any atom is 0.134 e. The first kappa shape index (κ1) is 27.9. The first-order chi connectivity index (χ1) is 22.3. The maximum absolute atomic E-state index is 6.32. The highest BCUT2D eigenvalue weighted by Gasteiger charge is 2.15. The number of para-hydroxylation sites is 1. The molecule has 2 heteroatoms. The third-order valence-electron chi connectivity index (χ3n) is 8.13. The van der Waals surface area contributed by atoms with Crippen LogP contribution in [-0.2, 0) is 6.42 Å². The van der Waals surface area contributed by atoms with E-state index in [1.807, 2.05) is 18.2 Å². The number of furan rings is 1. The Kier molecular flexibility index (Phi) is 7.94. The number of nitrogens with zero attached hydrogens (tertiary/aromatic N) is 1. The van der Waals surface area contributed by atoms with Gasteiger partial charge in [-0.15, -0.1) is 0 Å². The third-order valence-corrected chi connectivity index (χ3v) is 8.13. The smallest absolute Gasteiger partial charge is 0.134 e. The SMILES string of the molecule is C=C/C=C\c1c(Cc2ccc(N(c3ccc(-c4ccccc4)cc3)c3ccc(-c4ccccc4)cc3)cc2)oc2ccccc12. The van der Waals surface area contributed by atoms with Crippen LogP contribution < -0.4 is 4.90 Å². The van der Waals surface area contributed by atoms with Crippen molar-refractivity contribution >= 4 is 34.1 Å². The molecule has 7 aromatic rings. The Bertz CT molecular complexity index is 1970. The number of benzene rings is 6. The van der Waals surface area contributed by atoms with E-state index in [2.05, 4.69) is 163 Å². The molecule has 0 unspecified atom stereocenters. The van der Waals surface area contributed by atoms with Crippen LogP contribution in [0, 0.1) is 0 Å². The average molecular weight is 580 g/mol. The summed E-state index contributed by atoms with van der Waals surface area (Å²) in [5, 5.41) is 1.12. The van der Waals surface area contributed by atoms with Crippen molar-refractivity contribution in [3.63, 3.8) is 0 Å². The predicted molar refractivity (Wildman–Crippen MR) is 190 cm³/mol. The lowest BCUT2D eigenvalue weighted by Crippen LogP contribution is -2.10. The van der Waals surface area contributed by atoms with Crippen LogP contribution in [0.25, 0.3) is 39.3 Å². The van der Waals surface area contributed by atoms with Gasteiger partial charge in [-0.1, -0.05) is 140 Å². The molecule has 0 bridgehead atoms. The summed E-state index contributed by atoms with van der Waals surface area (Å²) < 4.78 is 6.32. The lowest BCUT2D eigenvalue weighted by Gasteiger charge is -2.26. The van der Waals surface area contributed by atoms with Crippen LogP contribution in [0.15, 0.2) is 181 Å². The van der Waals surface area contributed by atoms with Crippen molar-refractivity contribution in [1.29, 1.82) is 0 Å². The zero-order valence-electron chi connectivity index (χ0n) is 25.0. The summed E-state index contributed by atoms with van der Waals surface area (Å²) in [5.41, 5.74) is 11.3. The molecule has 0 radical (unpaired) electrons. The van der Waals surface area contributed by atoms with E-state index in [4.69, 9.17) is 4.42 Å². The van der Waals surface area contributed by atoms with Crippen molar-refractivity contribution in [2.45, 2.75) is 6.42 Å². The largest absolute Gasteiger partial charge is 0.460 e. The Morgan fingerprint density at radius 2 is 0.978 bits per heavy atom. The van der Waals surface area contributed by atoms with Crippen LogP contribution >= 0.6 is 0 Å². The minimum absolute atomic E-state index is 0.698. The fourth-order valence-corrected chi connectivity index (χ4v) is 5.86. The normalized spacial score (nSPS) is 11.2. The van der Waals surface area contributed by atoms with Crippen molar-refractivity contribution in [3.05, 3.63) is 193 Å². The molecule has 0 atom stereocenters. The van der Waals surface area contributed by atoms with Crippen molar-refractivity contribution in [3.8, 4) is 22.3 Å². The van der Waals surface area contributed by atoms with E-state index in [1.165, 1.54) is 27.8 Å². The van der Waals surface area contributed by atoms with Gasteiger partial charge in [0.25, 0.3) is 0 Å². The van der Waals surface area contributed by atoms with Crippen molar-refractivity contribution < 1.29 is 4.42 Å². The van der Waals surface area contributed by atoms with E-state index in [-0.39, 0.29) is 0 Å². The van der Waals surface area contributed by atoms with Gasteiger partial charge in [0, 0.05) is 34.4 Å². The highest BCUT2D eigenvalue weighted by Crippen LogP contribution is 2.37. The van der Waals surface area contributed by atoms with Crippen molar-refractivity contribution in [1.82, 2.24) is 0 Å². The van der Waals surface area contributed by atoms with E-state index >= 15 is 0 Å². The molecule has 0 N–H and O–H groups in total. The fraction of sp³-hybridized carbons (Fsp3) is 0.0233. The first-order valence-electron chi connectivity index (χ1n) is 15.3. The zero-order valence-corrected chi connectivity index (χ0v) is 25.0. The molecule has 0 aliphatic heterocycles. The molecule has 0 fully saturated rings. The number of hydrogen-bond donors (Lipinski definition) is 0. The van der Waals surface area contributed by atoms with Gasteiger partial charge in [-0.2, -0.15) is 0 Å². The average Bonchev–Trinajstić information content (AvgIpc) is 3.46. The van der Waals surface area contributed by atoms with Gasteiger partial charge in [0.2, 0.25) is 0 Å². The van der Waals surface area contributed by atoms with Crippen molar-refractivity contribution in [2.24, 2.45) is 0 Å². The minimum atomic E-state index is 0.698. The molecule has 2 nitrogen and oxygen atoms in total. The monoisotopic (exact) mass is 579 g/mol. The summed E-state index contributed by atoms with van der Waals surface area (Å²) in [5.74, 6) is 0.951. The molecule has 45 heavy (non-hydrogen) atoms. The number of allylic oxidation sites excluding steroid dienone is 2. The first-order valence-corrected chi connectivity index (χ1v) is 15.3. The van der Waals surface area contributed by atoms with Gasteiger partial charge >= 0.3 is 0 Å². The zero-order chi connectivity index (χ0) is 30.4. The highest BCUT2D eigenvalue weighted by molar-refractivity contribution is 5.89. The summed E-state index contributed by atoms with van der Waals surface area (Å²) in [6, 6.07) is 55.6. The Morgan fingerprint density at radius 3 is 1.51 bits per heavy atom. The van der Waals surface area contributed by atoms with E-state index in [1.54, 1.807) is 6.08 Å². The molecule has 0 aliphatic rings. The van der Waals surface area contributed by atoms with E-state index < -0.39 is 0 Å². The molecule has 216 valence electrons.